The molecule has 2 heterocycles. The second-order valence-corrected chi connectivity index (χ2v) is 7.89. The van der Waals surface area contributed by atoms with Crippen LogP contribution in [0.5, 0.6) is 0 Å². The Balaban J connectivity index is 1.46. The summed E-state index contributed by atoms with van der Waals surface area (Å²) in [6.45, 7) is 5.38. The number of aromatic nitrogens is 3. The van der Waals surface area contributed by atoms with Crippen LogP contribution in [0.4, 0.5) is 5.69 Å². The molecule has 2 aromatic heterocycles. The fourth-order valence-electron chi connectivity index (χ4n) is 2.68. The number of nitrogens with zero attached hydrogens (tertiary/aromatic N) is 2. The van der Waals surface area contributed by atoms with Crippen LogP contribution in [0.25, 0.3) is 11.3 Å². The smallest absolute Gasteiger partial charge is 0.313 e. The molecule has 0 saturated heterocycles. The van der Waals surface area contributed by atoms with Crippen LogP contribution in [-0.4, -0.2) is 26.6 Å². The zero-order chi connectivity index (χ0) is 20.9. The first kappa shape index (κ1) is 20.4. The highest BCUT2D eigenvalue weighted by molar-refractivity contribution is 5.90. The van der Waals surface area contributed by atoms with Gasteiger partial charge in [-0.15, -0.1) is 0 Å². The number of ether oxygens (including phenoxy) is 1. The number of hydrogen-bond acceptors (Lipinski definition) is 4. The van der Waals surface area contributed by atoms with Crippen molar-refractivity contribution in [1.82, 2.24) is 14.8 Å². The Bertz CT molecular complexity index is 967. The van der Waals surface area contributed by atoms with Crippen LogP contribution in [0.3, 0.4) is 0 Å². The van der Waals surface area contributed by atoms with Gasteiger partial charge in [-0.1, -0.05) is 30.3 Å². The maximum Gasteiger partial charge on any atom is 0.313 e. The highest BCUT2D eigenvalue weighted by atomic mass is 16.5. The third-order valence-corrected chi connectivity index (χ3v) is 4.31. The van der Waals surface area contributed by atoms with Crippen molar-refractivity contribution in [3.63, 3.8) is 0 Å². The van der Waals surface area contributed by atoms with Crippen molar-refractivity contribution < 1.29 is 14.3 Å². The van der Waals surface area contributed by atoms with Gasteiger partial charge in [0.15, 0.2) is 6.73 Å². The van der Waals surface area contributed by atoms with Gasteiger partial charge >= 0.3 is 5.97 Å². The lowest BCUT2D eigenvalue weighted by atomic mass is 9.98. The van der Waals surface area contributed by atoms with E-state index < -0.39 is 5.41 Å². The topological polar surface area (TPSA) is 89.0 Å². The highest BCUT2D eigenvalue weighted by Crippen LogP contribution is 2.19. The fourth-order valence-corrected chi connectivity index (χ4v) is 2.68. The molecule has 0 unspecified atom stereocenters. The number of carbonyl (C=O) groups excluding carboxylic acids is 2. The van der Waals surface area contributed by atoms with Crippen molar-refractivity contribution in [2.45, 2.75) is 40.3 Å². The summed E-state index contributed by atoms with van der Waals surface area (Å²) in [6, 6.07) is 14.1. The van der Waals surface area contributed by atoms with Gasteiger partial charge in [0.25, 0.3) is 0 Å². The normalized spacial score (nSPS) is 11.3. The Morgan fingerprint density at radius 2 is 1.90 bits per heavy atom. The minimum atomic E-state index is -0.567. The molecule has 3 aromatic rings. The summed E-state index contributed by atoms with van der Waals surface area (Å²) in [4.78, 5) is 27.4. The van der Waals surface area contributed by atoms with Gasteiger partial charge in [-0.2, -0.15) is 5.10 Å². The van der Waals surface area contributed by atoms with E-state index in [0.717, 1.165) is 17.0 Å². The third-order valence-electron chi connectivity index (χ3n) is 4.31. The molecular weight excluding hydrogens is 368 g/mol. The second kappa shape index (κ2) is 8.77. The first-order valence-electron chi connectivity index (χ1n) is 9.54. The van der Waals surface area contributed by atoms with Gasteiger partial charge in [0.2, 0.25) is 5.91 Å². The monoisotopic (exact) mass is 394 g/mol. The van der Waals surface area contributed by atoms with Crippen molar-refractivity contribution in [3.8, 4) is 11.3 Å². The third kappa shape index (κ3) is 5.81. The molecule has 0 radical (unpaired) electrons. The summed E-state index contributed by atoms with van der Waals surface area (Å²) in [5.41, 5.74) is 3.15. The summed E-state index contributed by atoms with van der Waals surface area (Å²) >= 11 is 0. The lowest BCUT2D eigenvalue weighted by Crippen LogP contribution is -2.24. The molecule has 152 valence electrons. The van der Waals surface area contributed by atoms with Gasteiger partial charge < -0.3 is 15.0 Å². The second-order valence-electron chi connectivity index (χ2n) is 7.89. The van der Waals surface area contributed by atoms with Crippen molar-refractivity contribution >= 4 is 17.6 Å². The number of rotatable bonds is 7. The Morgan fingerprint density at radius 1 is 1.14 bits per heavy atom. The number of aromatic amines is 1. The molecule has 0 bridgehead atoms. The van der Waals surface area contributed by atoms with Crippen LogP contribution in [-0.2, 0) is 27.5 Å². The number of anilines is 1. The standard InChI is InChI=1S/C22H26N4O3/c1-22(2,3)21(28)29-15-26-14-18(13-23-26)25-20(27)12-10-17-9-11-19(24-17)16-7-5-4-6-8-16/h4-9,11,13-14,24H,10,12,15H2,1-3H3,(H,25,27). The minimum Gasteiger partial charge on any atom is -0.442 e. The molecule has 0 aliphatic carbocycles. The summed E-state index contributed by atoms with van der Waals surface area (Å²) < 4.78 is 6.67. The lowest BCUT2D eigenvalue weighted by Gasteiger charge is -2.16. The van der Waals surface area contributed by atoms with Crippen LogP contribution in [0.2, 0.25) is 0 Å². The molecule has 0 aliphatic heterocycles. The molecule has 1 amide bonds. The van der Waals surface area contributed by atoms with E-state index in [9.17, 15) is 9.59 Å². The van der Waals surface area contributed by atoms with E-state index in [1.165, 1.54) is 10.9 Å². The van der Waals surface area contributed by atoms with Crippen LogP contribution < -0.4 is 5.32 Å². The van der Waals surface area contributed by atoms with Crippen molar-refractivity contribution in [2.24, 2.45) is 5.41 Å². The summed E-state index contributed by atoms with van der Waals surface area (Å²) in [7, 11) is 0. The number of H-pyrrole nitrogens is 1. The Labute approximate surface area is 170 Å². The molecule has 0 aliphatic rings. The van der Waals surface area contributed by atoms with Crippen molar-refractivity contribution in [2.75, 3.05) is 5.32 Å². The van der Waals surface area contributed by atoms with E-state index in [4.69, 9.17) is 4.74 Å². The molecular formula is C22H26N4O3. The van der Waals surface area contributed by atoms with E-state index >= 15 is 0 Å². The first-order chi connectivity index (χ1) is 13.8. The summed E-state index contributed by atoms with van der Waals surface area (Å²) in [5.74, 6) is -0.411. The predicted octanol–water partition coefficient (Wildman–Crippen LogP) is 4.00. The minimum absolute atomic E-state index is 0.0106. The first-order valence-corrected chi connectivity index (χ1v) is 9.54. The molecule has 29 heavy (non-hydrogen) atoms. The van der Waals surface area contributed by atoms with E-state index in [1.807, 2.05) is 42.5 Å². The van der Waals surface area contributed by atoms with E-state index in [0.29, 0.717) is 18.5 Å². The van der Waals surface area contributed by atoms with Gasteiger partial charge in [-0.3, -0.25) is 9.59 Å². The van der Waals surface area contributed by atoms with Crippen LogP contribution in [0.15, 0.2) is 54.9 Å². The van der Waals surface area contributed by atoms with Gasteiger partial charge in [-0.25, -0.2) is 4.68 Å². The van der Waals surface area contributed by atoms with Gasteiger partial charge in [-0.05, 0) is 44.9 Å². The molecule has 2 N–H and O–H groups in total. The number of benzene rings is 1. The number of amides is 1. The summed E-state index contributed by atoms with van der Waals surface area (Å²) in [6.07, 6.45) is 4.12. The van der Waals surface area contributed by atoms with Gasteiger partial charge in [0.1, 0.15) is 0 Å². The van der Waals surface area contributed by atoms with Crippen LogP contribution in [0, 0.1) is 5.41 Å². The van der Waals surface area contributed by atoms with Gasteiger partial charge in [0, 0.05) is 17.8 Å². The van der Waals surface area contributed by atoms with Crippen LogP contribution >= 0.6 is 0 Å². The van der Waals surface area contributed by atoms with E-state index in [2.05, 4.69) is 15.4 Å². The Morgan fingerprint density at radius 3 is 2.62 bits per heavy atom. The lowest BCUT2D eigenvalue weighted by molar-refractivity contribution is -0.157. The molecule has 7 heteroatoms. The molecule has 3 rings (SSSR count). The highest BCUT2D eigenvalue weighted by Gasteiger charge is 2.23. The molecule has 7 nitrogen and oxygen atoms in total. The molecule has 1 aromatic carbocycles. The maximum atomic E-state index is 12.2. The number of esters is 1. The zero-order valence-corrected chi connectivity index (χ0v) is 16.9. The fraction of sp³-hybridized carbons (Fsp3) is 0.318. The Kier molecular flexibility index (Phi) is 6.16. The largest absolute Gasteiger partial charge is 0.442 e. The van der Waals surface area contributed by atoms with Crippen molar-refractivity contribution in [1.29, 1.82) is 0 Å². The molecule has 0 saturated carbocycles. The SMILES string of the molecule is CC(C)(C)C(=O)OCn1cc(NC(=O)CCc2ccc(-c3ccccc3)[nH]2)cn1. The van der Waals surface area contributed by atoms with Gasteiger partial charge in [0.05, 0.1) is 23.5 Å². The quantitative estimate of drug-likeness (QED) is 0.593. The number of aryl methyl sites for hydroxylation is 1. The van der Waals surface area contributed by atoms with E-state index in [1.54, 1.807) is 27.0 Å². The Hall–Kier alpha value is -3.35. The van der Waals surface area contributed by atoms with Crippen molar-refractivity contribution in [3.05, 3.63) is 60.6 Å². The summed E-state index contributed by atoms with van der Waals surface area (Å²) in [5, 5.41) is 6.91. The number of hydrogen-bond donors (Lipinski definition) is 2. The van der Waals surface area contributed by atoms with Crippen LogP contribution in [0.1, 0.15) is 32.9 Å². The molecule has 0 atom stereocenters. The number of nitrogens with one attached hydrogen (secondary N) is 2. The average Bonchev–Trinajstić information content (AvgIpc) is 3.34. The van der Waals surface area contributed by atoms with E-state index in [-0.39, 0.29) is 18.6 Å². The molecule has 0 fully saturated rings. The molecule has 0 spiro atoms. The average molecular weight is 394 g/mol. The number of carbonyl (C=O) groups is 2. The zero-order valence-electron chi connectivity index (χ0n) is 16.9. The predicted molar refractivity (Wildman–Crippen MR) is 111 cm³/mol. The maximum absolute atomic E-state index is 12.2.